The third-order valence-electron chi connectivity index (χ3n) is 5.86. The number of hydrazone groups is 1. The average molecular weight is 447 g/mol. The number of nitrogens with zero attached hydrogens (tertiary/aromatic N) is 3. The molecule has 2 N–H and O–H groups in total. The molecular formula is C25H26N4O4. The molecule has 1 aromatic heterocycles. The summed E-state index contributed by atoms with van der Waals surface area (Å²) in [6.45, 7) is 5.70. The minimum absolute atomic E-state index is 0.0824. The van der Waals surface area contributed by atoms with E-state index in [2.05, 4.69) is 23.9 Å². The van der Waals surface area contributed by atoms with Crippen LogP contribution in [0.15, 0.2) is 69.3 Å². The van der Waals surface area contributed by atoms with Crippen molar-refractivity contribution in [3.05, 3.63) is 97.7 Å². The molecular weight excluding hydrogens is 420 g/mol. The van der Waals surface area contributed by atoms with Crippen molar-refractivity contribution in [3.8, 4) is 5.88 Å². The molecule has 8 nitrogen and oxygen atoms in total. The van der Waals surface area contributed by atoms with Crippen molar-refractivity contribution in [2.75, 3.05) is 0 Å². The molecule has 1 unspecified atom stereocenters. The van der Waals surface area contributed by atoms with Crippen LogP contribution in [-0.2, 0) is 11.3 Å². The Labute approximate surface area is 190 Å². The Morgan fingerprint density at radius 1 is 1.12 bits per heavy atom. The van der Waals surface area contributed by atoms with Gasteiger partial charge in [-0.25, -0.2) is 9.80 Å². The number of aromatic hydroxyl groups is 1. The lowest BCUT2D eigenvalue weighted by atomic mass is 9.96. The predicted octanol–water partition coefficient (Wildman–Crippen LogP) is 3.11. The fraction of sp³-hybridized carbons (Fsp3) is 0.280. The highest BCUT2D eigenvalue weighted by molar-refractivity contribution is 6.04. The number of nitrogens with one attached hydrogen (secondary N) is 1. The van der Waals surface area contributed by atoms with Gasteiger partial charge in [-0.15, -0.1) is 0 Å². The summed E-state index contributed by atoms with van der Waals surface area (Å²) in [5.74, 6) is -0.373. The molecule has 33 heavy (non-hydrogen) atoms. The van der Waals surface area contributed by atoms with Crippen LogP contribution in [0.25, 0.3) is 0 Å². The first kappa shape index (κ1) is 22.3. The molecule has 0 fully saturated rings. The first-order valence-corrected chi connectivity index (χ1v) is 10.8. The Bertz CT molecular complexity index is 1320. The van der Waals surface area contributed by atoms with Crippen LogP contribution >= 0.6 is 0 Å². The third-order valence-corrected chi connectivity index (χ3v) is 5.86. The summed E-state index contributed by atoms with van der Waals surface area (Å²) < 4.78 is 1.09. The van der Waals surface area contributed by atoms with Gasteiger partial charge in [0.25, 0.3) is 5.56 Å². The lowest BCUT2D eigenvalue weighted by molar-refractivity contribution is -0.130. The first-order chi connectivity index (χ1) is 15.8. The van der Waals surface area contributed by atoms with Gasteiger partial charge >= 0.3 is 5.69 Å². The lowest BCUT2D eigenvalue weighted by Gasteiger charge is -2.21. The number of carbonyl (C=O) groups is 1. The largest absolute Gasteiger partial charge is 0.494 e. The molecule has 0 saturated heterocycles. The number of hydrogen-bond donors (Lipinski definition) is 2. The van der Waals surface area contributed by atoms with Gasteiger partial charge in [-0.05, 0) is 22.6 Å². The summed E-state index contributed by atoms with van der Waals surface area (Å²) in [4.78, 5) is 39.7. The Morgan fingerprint density at radius 3 is 2.39 bits per heavy atom. The van der Waals surface area contributed by atoms with Crippen LogP contribution in [0.1, 0.15) is 61.4 Å². The van der Waals surface area contributed by atoms with Gasteiger partial charge in [-0.1, -0.05) is 68.4 Å². The molecule has 8 heteroatoms. The Hall–Kier alpha value is -3.94. The summed E-state index contributed by atoms with van der Waals surface area (Å²) in [6.07, 6.45) is 0.237. The summed E-state index contributed by atoms with van der Waals surface area (Å²) in [7, 11) is 0. The Morgan fingerprint density at radius 2 is 1.79 bits per heavy atom. The Kier molecular flexibility index (Phi) is 6.00. The van der Waals surface area contributed by atoms with E-state index in [4.69, 9.17) is 0 Å². The minimum atomic E-state index is -0.736. The van der Waals surface area contributed by atoms with Crippen LogP contribution in [0.3, 0.4) is 0 Å². The number of aromatic nitrogens is 2. The molecule has 0 aliphatic carbocycles. The van der Waals surface area contributed by atoms with Crippen LogP contribution in [0.5, 0.6) is 5.88 Å². The number of benzene rings is 2. The smallest absolute Gasteiger partial charge is 0.331 e. The summed E-state index contributed by atoms with van der Waals surface area (Å²) >= 11 is 0. The van der Waals surface area contributed by atoms with Gasteiger partial charge in [0, 0.05) is 13.3 Å². The van der Waals surface area contributed by atoms with E-state index in [9.17, 15) is 19.5 Å². The van der Waals surface area contributed by atoms with E-state index < -0.39 is 23.2 Å². The minimum Gasteiger partial charge on any atom is -0.494 e. The Balaban J connectivity index is 1.73. The molecule has 0 radical (unpaired) electrons. The van der Waals surface area contributed by atoms with Gasteiger partial charge in [-0.2, -0.15) is 5.10 Å². The highest BCUT2D eigenvalue weighted by Crippen LogP contribution is 2.34. The number of rotatable bonds is 5. The second-order valence-corrected chi connectivity index (χ2v) is 8.48. The van der Waals surface area contributed by atoms with Crippen LogP contribution in [0.4, 0.5) is 0 Å². The molecule has 2 aromatic carbocycles. The maximum Gasteiger partial charge on any atom is 0.331 e. The van der Waals surface area contributed by atoms with Gasteiger partial charge in [0.2, 0.25) is 11.8 Å². The second kappa shape index (κ2) is 8.90. The fourth-order valence-corrected chi connectivity index (χ4v) is 4.05. The molecule has 2 heterocycles. The molecule has 4 rings (SSSR count). The van der Waals surface area contributed by atoms with Crippen molar-refractivity contribution < 1.29 is 9.90 Å². The van der Waals surface area contributed by atoms with Crippen molar-refractivity contribution in [3.63, 3.8) is 0 Å². The predicted molar refractivity (Wildman–Crippen MR) is 125 cm³/mol. The number of H-pyrrole nitrogens is 1. The average Bonchev–Trinajstić information content (AvgIpc) is 3.22. The second-order valence-electron chi connectivity index (χ2n) is 8.48. The van der Waals surface area contributed by atoms with E-state index in [-0.39, 0.29) is 30.1 Å². The number of aromatic amines is 1. The van der Waals surface area contributed by atoms with Crippen molar-refractivity contribution in [1.82, 2.24) is 14.6 Å². The molecule has 1 atom stereocenters. The summed E-state index contributed by atoms with van der Waals surface area (Å²) in [5.41, 5.74) is 1.54. The van der Waals surface area contributed by atoms with Crippen LogP contribution < -0.4 is 11.2 Å². The summed E-state index contributed by atoms with van der Waals surface area (Å²) in [5, 5.41) is 16.6. The molecule has 1 aliphatic rings. The number of carbonyl (C=O) groups excluding carboxylic acids is 1. The SMILES string of the molecule is CC(=O)N1N=C(c2c(O)n(Cc3ccccc3)c(=O)[nH]c2=O)CC1c1ccc(C(C)C)cc1. The van der Waals surface area contributed by atoms with Crippen molar-refractivity contribution in [1.29, 1.82) is 0 Å². The third kappa shape index (κ3) is 4.37. The monoisotopic (exact) mass is 446 g/mol. The highest BCUT2D eigenvalue weighted by atomic mass is 16.3. The molecule has 0 bridgehead atoms. The van der Waals surface area contributed by atoms with Gasteiger partial charge in [0.1, 0.15) is 5.56 Å². The number of hydrogen-bond acceptors (Lipinski definition) is 5. The topological polar surface area (TPSA) is 108 Å². The van der Waals surface area contributed by atoms with E-state index >= 15 is 0 Å². The standard InChI is InChI=1S/C25H26N4O4/c1-15(2)18-9-11-19(12-10-18)21-13-20(27-29(21)16(3)30)22-23(31)26-25(33)28(24(22)32)14-17-7-5-4-6-8-17/h4-12,15,21,32H,13-14H2,1-3H3,(H,26,31,33). The van der Waals surface area contributed by atoms with E-state index in [0.29, 0.717) is 5.92 Å². The van der Waals surface area contributed by atoms with Gasteiger partial charge in [0.15, 0.2) is 0 Å². The highest BCUT2D eigenvalue weighted by Gasteiger charge is 2.34. The van der Waals surface area contributed by atoms with Gasteiger partial charge < -0.3 is 5.11 Å². The van der Waals surface area contributed by atoms with E-state index in [1.54, 1.807) is 0 Å². The maximum absolute atomic E-state index is 12.7. The van der Waals surface area contributed by atoms with Gasteiger partial charge in [-0.3, -0.25) is 19.1 Å². The lowest BCUT2D eigenvalue weighted by Crippen LogP contribution is -2.34. The molecule has 1 amide bonds. The molecule has 0 saturated carbocycles. The van der Waals surface area contributed by atoms with E-state index in [1.807, 2.05) is 54.6 Å². The normalized spacial score (nSPS) is 15.7. The molecule has 0 spiro atoms. The maximum atomic E-state index is 12.7. The van der Waals surface area contributed by atoms with Crippen LogP contribution in [-0.4, -0.2) is 31.3 Å². The zero-order chi connectivity index (χ0) is 23.7. The van der Waals surface area contributed by atoms with E-state index in [0.717, 1.165) is 15.7 Å². The first-order valence-electron chi connectivity index (χ1n) is 10.8. The van der Waals surface area contributed by atoms with Crippen molar-refractivity contribution in [2.45, 2.75) is 45.7 Å². The van der Waals surface area contributed by atoms with Crippen molar-refractivity contribution >= 4 is 11.6 Å². The molecule has 3 aromatic rings. The van der Waals surface area contributed by atoms with E-state index in [1.165, 1.54) is 17.5 Å². The zero-order valence-corrected chi connectivity index (χ0v) is 18.8. The van der Waals surface area contributed by atoms with Crippen LogP contribution in [0, 0.1) is 0 Å². The van der Waals surface area contributed by atoms with Crippen molar-refractivity contribution in [2.24, 2.45) is 5.10 Å². The number of amides is 1. The molecule has 170 valence electrons. The van der Waals surface area contributed by atoms with Crippen LogP contribution in [0.2, 0.25) is 0 Å². The fourth-order valence-electron chi connectivity index (χ4n) is 4.05. The quantitative estimate of drug-likeness (QED) is 0.628. The summed E-state index contributed by atoms with van der Waals surface area (Å²) in [6, 6.07) is 16.7. The van der Waals surface area contributed by atoms with Gasteiger partial charge in [0.05, 0.1) is 18.3 Å². The zero-order valence-electron chi connectivity index (χ0n) is 18.8. The molecule has 1 aliphatic heterocycles.